The Morgan fingerprint density at radius 1 is 0.654 bits per heavy atom. The lowest BCUT2D eigenvalue weighted by Crippen LogP contribution is -2.07. The second-order valence-corrected chi connectivity index (χ2v) is 7.55. The van der Waals surface area contributed by atoms with Crippen molar-refractivity contribution >= 4 is 24.6 Å². The van der Waals surface area contributed by atoms with Gasteiger partial charge in [0.2, 0.25) is 6.08 Å². The number of benzene rings is 3. The van der Waals surface area contributed by atoms with E-state index in [1.807, 2.05) is 91.0 Å². The van der Waals surface area contributed by atoms with E-state index in [0.29, 0.717) is 17.2 Å². The van der Waals surface area contributed by atoms with Crippen LogP contribution < -0.4 is 13.6 Å². The van der Waals surface area contributed by atoms with Crippen LogP contribution in [0.1, 0.15) is 0 Å². The molecule has 7 heteroatoms. The van der Waals surface area contributed by atoms with Crippen LogP contribution in [0.25, 0.3) is 0 Å². The summed E-state index contributed by atoms with van der Waals surface area (Å²) in [5.41, 5.74) is 0. The summed E-state index contributed by atoms with van der Waals surface area (Å²) in [6.07, 6.45) is 0.750. The summed E-state index contributed by atoms with van der Waals surface area (Å²) >= 11 is 5.59. The average Bonchev–Trinajstić information content (AvgIpc) is 2.64. The van der Waals surface area contributed by atoms with Crippen LogP contribution in [0.3, 0.4) is 0 Å². The molecular formula is C19H16NO4PS. The van der Waals surface area contributed by atoms with E-state index >= 15 is 0 Å². The van der Waals surface area contributed by atoms with Gasteiger partial charge in [0.15, 0.2) is 0 Å². The van der Waals surface area contributed by atoms with Gasteiger partial charge in [-0.05, 0) is 36.4 Å². The quantitative estimate of drug-likeness (QED) is 0.352. The molecule has 3 aromatic carbocycles. The highest BCUT2D eigenvalue weighted by molar-refractivity contribution is 8.08. The Balaban J connectivity index is 0.000000758. The lowest BCUT2D eigenvalue weighted by Gasteiger charge is -2.23. The molecule has 0 aliphatic rings. The molecule has 5 nitrogen and oxygen atoms in total. The Morgan fingerprint density at radius 2 is 0.885 bits per heavy atom. The van der Waals surface area contributed by atoms with Crippen LogP contribution in [0, 0.1) is 5.41 Å². The summed E-state index contributed by atoms with van der Waals surface area (Å²) in [7, 11) is 0. The fourth-order valence-corrected chi connectivity index (χ4v) is 3.91. The van der Waals surface area contributed by atoms with Crippen molar-refractivity contribution in [2.24, 2.45) is 0 Å². The predicted octanol–water partition coefficient (Wildman–Crippen LogP) is 5.35. The Morgan fingerprint density at radius 3 is 1.12 bits per heavy atom. The standard InChI is InChI=1S/C18H15O3PS.CHNO/c23-22(19-16-10-4-1-5-11-16,20-17-12-6-2-7-13-17)21-18-14-8-3-9-15-18;2-1-3/h1-15H;2H. The second-order valence-electron chi connectivity index (χ2n) is 4.76. The normalized spacial score (nSPS) is 9.85. The van der Waals surface area contributed by atoms with E-state index in [-0.39, 0.29) is 0 Å². The Kier molecular flexibility index (Phi) is 7.59. The zero-order valence-corrected chi connectivity index (χ0v) is 15.4. The lowest BCUT2D eigenvalue weighted by molar-refractivity contribution is 0.384. The number of isocyanates is 1. The number of nitrogens with one attached hydrogen (secondary N) is 1. The summed E-state index contributed by atoms with van der Waals surface area (Å²) in [5, 5.41) is 5.40. The Hall–Kier alpha value is -2.91. The van der Waals surface area contributed by atoms with E-state index in [2.05, 4.69) is 0 Å². The minimum atomic E-state index is -3.05. The molecule has 1 N–H and O–H groups in total. The number of para-hydroxylation sites is 3. The number of hydrogen-bond donors (Lipinski definition) is 1. The first-order valence-corrected chi connectivity index (χ1v) is 10.1. The first-order valence-electron chi connectivity index (χ1n) is 7.53. The predicted molar refractivity (Wildman–Crippen MR) is 104 cm³/mol. The summed E-state index contributed by atoms with van der Waals surface area (Å²) in [6.45, 7) is -3.05. The molecule has 0 spiro atoms. The minimum Gasteiger partial charge on any atom is -0.407 e. The highest BCUT2D eigenvalue weighted by atomic mass is 32.5. The van der Waals surface area contributed by atoms with E-state index in [1.165, 1.54) is 0 Å². The van der Waals surface area contributed by atoms with E-state index in [9.17, 15) is 0 Å². The Labute approximate surface area is 156 Å². The van der Waals surface area contributed by atoms with Crippen LogP contribution in [0.15, 0.2) is 91.0 Å². The molecule has 3 aromatic rings. The molecule has 0 saturated carbocycles. The van der Waals surface area contributed by atoms with Gasteiger partial charge in [0, 0.05) is 11.8 Å². The Bertz CT molecular complexity index is 762. The van der Waals surface area contributed by atoms with Crippen molar-refractivity contribution < 1.29 is 18.4 Å². The molecule has 0 radical (unpaired) electrons. The summed E-state index contributed by atoms with van der Waals surface area (Å²) in [6, 6.07) is 27.9. The maximum Gasteiger partial charge on any atom is 0.490 e. The van der Waals surface area contributed by atoms with Gasteiger partial charge < -0.3 is 13.6 Å². The molecule has 3 rings (SSSR count). The molecule has 0 unspecified atom stereocenters. The topological polar surface area (TPSA) is 68.6 Å². The lowest BCUT2D eigenvalue weighted by atomic mass is 10.3. The zero-order chi connectivity index (χ0) is 18.7. The van der Waals surface area contributed by atoms with Crippen LogP contribution in [-0.4, -0.2) is 6.08 Å². The molecule has 0 bridgehead atoms. The maximum atomic E-state index is 8.35. The van der Waals surface area contributed by atoms with Crippen LogP contribution >= 0.6 is 6.72 Å². The van der Waals surface area contributed by atoms with Gasteiger partial charge in [0.25, 0.3) is 0 Å². The molecule has 0 aliphatic heterocycles. The van der Waals surface area contributed by atoms with Crippen molar-refractivity contribution in [2.75, 3.05) is 0 Å². The number of carbonyl (C=O) groups excluding carboxylic acids is 1. The molecule has 0 saturated heterocycles. The molecule has 26 heavy (non-hydrogen) atoms. The van der Waals surface area contributed by atoms with Crippen molar-refractivity contribution in [3.05, 3.63) is 91.0 Å². The SMILES string of the molecule is N=C=O.S=P(Oc1ccccc1)(Oc1ccccc1)Oc1ccccc1. The van der Waals surface area contributed by atoms with Crippen molar-refractivity contribution in [3.63, 3.8) is 0 Å². The van der Waals surface area contributed by atoms with Crippen molar-refractivity contribution in [1.82, 2.24) is 0 Å². The van der Waals surface area contributed by atoms with Crippen LogP contribution in [0.2, 0.25) is 0 Å². The molecule has 0 amide bonds. The molecule has 132 valence electrons. The van der Waals surface area contributed by atoms with E-state index in [0.717, 1.165) is 6.08 Å². The van der Waals surface area contributed by atoms with Crippen molar-refractivity contribution in [1.29, 1.82) is 5.41 Å². The molecule has 0 aromatic heterocycles. The zero-order valence-electron chi connectivity index (χ0n) is 13.6. The first kappa shape index (κ1) is 19.4. The summed E-state index contributed by atoms with van der Waals surface area (Å²) in [5.74, 6) is 1.84. The molecule has 0 atom stereocenters. The van der Waals surface area contributed by atoms with Gasteiger partial charge in [0.05, 0.1) is 0 Å². The van der Waals surface area contributed by atoms with Gasteiger partial charge in [0.1, 0.15) is 17.2 Å². The van der Waals surface area contributed by atoms with Gasteiger partial charge in [-0.1, -0.05) is 54.6 Å². The van der Waals surface area contributed by atoms with E-state index in [4.69, 9.17) is 35.6 Å². The maximum absolute atomic E-state index is 8.35. The second kappa shape index (κ2) is 10.2. The van der Waals surface area contributed by atoms with Crippen molar-refractivity contribution in [3.8, 4) is 17.2 Å². The summed E-state index contributed by atoms with van der Waals surface area (Å²) < 4.78 is 17.7. The minimum absolute atomic E-state index is 0.614. The van der Waals surface area contributed by atoms with Gasteiger partial charge >= 0.3 is 6.72 Å². The molecule has 0 aliphatic carbocycles. The monoisotopic (exact) mass is 385 g/mol. The number of rotatable bonds is 6. The van der Waals surface area contributed by atoms with Gasteiger partial charge in [-0.3, -0.25) is 0 Å². The fourth-order valence-electron chi connectivity index (χ4n) is 1.89. The highest BCUT2D eigenvalue weighted by Crippen LogP contribution is 2.49. The van der Waals surface area contributed by atoms with Gasteiger partial charge in [-0.2, -0.15) is 0 Å². The molecule has 0 heterocycles. The van der Waals surface area contributed by atoms with Crippen LogP contribution in [0.5, 0.6) is 17.2 Å². The van der Waals surface area contributed by atoms with Gasteiger partial charge in [-0.15, -0.1) is 0 Å². The molecular weight excluding hydrogens is 369 g/mol. The average molecular weight is 385 g/mol. The fraction of sp³-hybridized carbons (Fsp3) is 0. The molecule has 0 fully saturated rings. The summed E-state index contributed by atoms with van der Waals surface area (Å²) in [4.78, 5) is 8.35. The van der Waals surface area contributed by atoms with E-state index in [1.54, 1.807) is 0 Å². The van der Waals surface area contributed by atoms with Crippen LogP contribution in [0.4, 0.5) is 0 Å². The van der Waals surface area contributed by atoms with Gasteiger partial charge in [-0.25, -0.2) is 10.2 Å². The third-order valence-corrected chi connectivity index (χ3v) is 4.86. The third kappa shape index (κ3) is 6.54. The largest absolute Gasteiger partial charge is 0.490 e. The van der Waals surface area contributed by atoms with Crippen LogP contribution in [-0.2, 0) is 16.6 Å². The van der Waals surface area contributed by atoms with Crippen molar-refractivity contribution in [2.45, 2.75) is 0 Å². The smallest absolute Gasteiger partial charge is 0.407 e. The highest BCUT2D eigenvalue weighted by Gasteiger charge is 2.26. The first-order chi connectivity index (χ1) is 12.6. The van der Waals surface area contributed by atoms with E-state index < -0.39 is 6.72 Å². The third-order valence-electron chi connectivity index (χ3n) is 2.88. The number of hydrogen-bond acceptors (Lipinski definition) is 6.